The second-order valence-electron chi connectivity index (χ2n) is 7.69. The largest absolute Gasteiger partial charge is 0.481 e. The summed E-state index contributed by atoms with van der Waals surface area (Å²) in [5, 5.41) is 15.0. The van der Waals surface area contributed by atoms with Crippen LogP contribution in [0, 0.1) is 6.92 Å². The van der Waals surface area contributed by atoms with Crippen LogP contribution in [0.1, 0.15) is 31.4 Å². The summed E-state index contributed by atoms with van der Waals surface area (Å²) in [5.74, 6) is -1.78. The fraction of sp³-hybridized carbons (Fsp3) is 0.375. The summed E-state index contributed by atoms with van der Waals surface area (Å²) in [5.41, 5.74) is 0.677. The molecule has 3 amide bonds. The molecular formula is C24H29N3O6. The summed E-state index contributed by atoms with van der Waals surface area (Å²) in [4.78, 5) is 39.9. The van der Waals surface area contributed by atoms with Gasteiger partial charge >= 0.3 is 12.0 Å². The number of carbonyl (C=O) groups excluding carboxylic acids is 2. The molecule has 0 saturated heterocycles. The number of benzene rings is 2. The van der Waals surface area contributed by atoms with Crippen molar-refractivity contribution in [2.45, 2.75) is 39.0 Å². The number of hydrogen-bond acceptors (Lipinski definition) is 5. The smallest absolute Gasteiger partial charge is 0.320 e. The van der Waals surface area contributed by atoms with E-state index in [2.05, 4.69) is 10.6 Å². The first-order valence-electron chi connectivity index (χ1n) is 10.8. The molecule has 176 valence electrons. The number of ether oxygens (including phenoxy) is 2. The van der Waals surface area contributed by atoms with Gasteiger partial charge < -0.3 is 30.1 Å². The van der Waals surface area contributed by atoms with Crippen LogP contribution >= 0.6 is 0 Å². The van der Waals surface area contributed by atoms with E-state index in [4.69, 9.17) is 9.47 Å². The summed E-state index contributed by atoms with van der Waals surface area (Å²) in [7, 11) is 0. The second kappa shape index (κ2) is 10.5. The zero-order chi connectivity index (χ0) is 24.0. The van der Waals surface area contributed by atoms with E-state index >= 15 is 0 Å². The number of amides is 3. The maximum atomic E-state index is 13.7. The molecule has 0 aromatic heterocycles. The van der Waals surface area contributed by atoms with Gasteiger partial charge in [0.25, 0.3) is 5.91 Å². The van der Waals surface area contributed by atoms with Crippen LogP contribution in [0.25, 0.3) is 0 Å². The van der Waals surface area contributed by atoms with E-state index in [1.165, 1.54) is 4.90 Å². The molecule has 0 aliphatic carbocycles. The molecule has 33 heavy (non-hydrogen) atoms. The zero-order valence-electron chi connectivity index (χ0n) is 19.0. The lowest BCUT2D eigenvalue weighted by Crippen LogP contribution is -2.56. The number of carboxylic acid groups (broad SMARTS) is 1. The normalized spacial score (nSPS) is 17.2. The Kier molecular flexibility index (Phi) is 7.67. The summed E-state index contributed by atoms with van der Waals surface area (Å²) in [6.07, 6.45) is -1.31. The fourth-order valence-corrected chi connectivity index (χ4v) is 3.94. The van der Waals surface area contributed by atoms with E-state index in [1.807, 2.05) is 32.9 Å². The van der Waals surface area contributed by atoms with Crippen LogP contribution in [0.15, 0.2) is 48.5 Å². The Labute approximate surface area is 192 Å². The Bertz CT molecular complexity index is 1000. The Morgan fingerprint density at radius 2 is 1.70 bits per heavy atom. The number of nitrogens with zero attached hydrogens (tertiary/aromatic N) is 1. The molecule has 9 nitrogen and oxygen atoms in total. The summed E-state index contributed by atoms with van der Waals surface area (Å²) >= 11 is 0. The molecular weight excluding hydrogens is 426 g/mol. The highest BCUT2D eigenvalue weighted by molar-refractivity contribution is 6.11. The van der Waals surface area contributed by atoms with Gasteiger partial charge in [-0.15, -0.1) is 0 Å². The molecule has 3 N–H and O–H groups in total. The lowest BCUT2D eigenvalue weighted by atomic mass is 9.88. The number of nitrogens with one attached hydrogen (secondary N) is 2. The number of rotatable bonds is 10. The number of aliphatic carboxylic acids is 1. The highest BCUT2D eigenvalue weighted by atomic mass is 16.7. The van der Waals surface area contributed by atoms with Crippen LogP contribution in [-0.4, -0.2) is 49.1 Å². The summed E-state index contributed by atoms with van der Waals surface area (Å²) < 4.78 is 11.2. The van der Waals surface area contributed by atoms with Crippen molar-refractivity contribution in [2.75, 3.05) is 30.0 Å². The molecule has 1 aliphatic heterocycles. The van der Waals surface area contributed by atoms with Crippen molar-refractivity contribution in [3.63, 3.8) is 0 Å². The third-order valence-electron chi connectivity index (χ3n) is 5.35. The highest BCUT2D eigenvalue weighted by Gasteiger charge is 2.53. The monoisotopic (exact) mass is 455 g/mol. The molecule has 3 rings (SSSR count). The van der Waals surface area contributed by atoms with Crippen molar-refractivity contribution in [1.82, 2.24) is 5.32 Å². The Hall–Kier alpha value is -3.43. The van der Waals surface area contributed by atoms with Crippen LogP contribution in [0.3, 0.4) is 0 Å². The van der Waals surface area contributed by atoms with Crippen molar-refractivity contribution < 1.29 is 29.0 Å². The van der Waals surface area contributed by atoms with Gasteiger partial charge in [-0.3, -0.25) is 9.59 Å². The first-order chi connectivity index (χ1) is 15.8. The molecule has 0 radical (unpaired) electrons. The van der Waals surface area contributed by atoms with E-state index in [-0.39, 0.29) is 6.54 Å². The fourth-order valence-electron chi connectivity index (χ4n) is 3.94. The van der Waals surface area contributed by atoms with Gasteiger partial charge in [-0.25, -0.2) is 4.79 Å². The lowest BCUT2D eigenvalue weighted by molar-refractivity contribution is -0.143. The molecule has 0 bridgehead atoms. The highest BCUT2D eigenvalue weighted by Crippen LogP contribution is 2.42. The van der Waals surface area contributed by atoms with Crippen molar-refractivity contribution in [1.29, 1.82) is 0 Å². The number of aryl methyl sites for hydroxylation is 1. The molecule has 1 unspecified atom stereocenters. The van der Waals surface area contributed by atoms with Gasteiger partial charge in [0.15, 0.2) is 11.8 Å². The lowest BCUT2D eigenvalue weighted by Gasteiger charge is -2.29. The van der Waals surface area contributed by atoms with Gasteiger partial charge in [0.2, 0.25) is 0 Å². The quantitative estimate of drug-likeness (QED) is 0.474. The minimum absolute atomic E-state index is 0.0557. The van der Waals surface area contributed by atoms with Crippen molar-refractivity contribution in [3.8, 4) is 0 Å². The van der Waals surface area contributed by atoms with Crippen molar-refractivity contribution >= 4 is 29.3 Å². The van der Waals surface area contributed by atoms with Gasteiger partial charge in [0.1, 0.15) is 0 Å². The average Bonchev–Trinajstić information content (AvgIpc) is 2.98. The second-order valence-corrected chi connectivity index (χ2v) is 7.69. The maximum absolute atomic E-state index is 13.7. The predicted molar refractivity (Wildman–Crippen MR) is 123 cm³/mol. The topological polar surface area (TPSA) is 117 Å². The third-order valence-corrected chi connectivity index (χ3v) is 5.35. The molecule has 2 aromatic rings. The number of para-hydroxylation sites is 1. The first-order valence-corrected chi connectivity index (χ1v) is 10.8. The molecule has 2 aromatic carbocycles. The average molecular weight is 456 g/mol. The molecule has 1 heterocycles. The van der Waals surface area contributed by atoms with Gasteiger partial charge in [-0.1, -0.05) is 35.9 Å². The van der Waals surface area contributed by atoms with Gasteiger partial charge in [0, 0.05) is 24.5 Å². The molecule has 1 aliphatic rings. The molecule has 0 saturated carbocycles. The summed E-state index contributed by atoms with van der Waals surface area (Å²) in [6.45, 7) is 6.37. The zero-order valence-corrected chi connectivity index (χ0v) is 19.0. The number of hydrogen-bond donors (Lipinski definition) is 3. The standard InChI is InChI=1S/C24H29N3O6/c1-4-32-21(33-5-2)15-27-19-9-7-6-8-18(19)24(22(27)30,14-20(28)29)26-23(31)25-17-12-10-16(3)11-13-17/h6-13,21H,4-5,14-15H2,1-3H3,(H,28,29)(H2,25,26,31). The third kappa shape index (κ3) is 5.32. The first kappa shape index (κ1) is 24.2. The van der Waals surface area contributed by atoms with Gasteiger partial charge in [-0.2, -0.15) is 0 Å². The molecule has 9 heteroatoms. The van der Waals surface area contributed by atoms with E-state index in [1.54, 1.807) is 36.4 Å². The van der Waals surface area contributed by atoms with Crippen LogP contribution in [0.2, 0.25) is 0 Å². The van der Waals surface area contributed by atoms with Crippen LogP contribution in [-0.2, 0) is 24.6 Å². The maximum Gasteiger partial charge on any atom is 0.320 e. The van der Waals surface area contributed by atoms with Crippen LogP contribution in [0.4, 0.5) is 16.2 Å². The van der Waals surface area contributed by atoms with Gasteiger partial charge in [0.05, 0.1) is 18.7 Å². The molecule has 1 atom stereocenters. The van der Waals surface area contributed by atoms with Crippen molar-refractivity contribution in [2.24, 2.45) is 0 Å². The number of carbonyl (C=O) groups is 3. The molecule has 0 fully saturated rings. The predicted octanol–water partition coefficient (Wildman–Crippen LogP) is 3.23. The Balaban J connectivity index is 1.95. The number of urea groups is 1. The van der Waals surface area contributed by atoms with E-state index in [0.29, 0.717) is 30.2 Å². The van der Waals surface area contributed by atoms with Gasteiger partial charge in [-0.05, 0) is 39.0 Å². The Morgan fingerprint density at radius 3 is 2.30 bits per heavy atom. The minimum atomic E-state index is -1.78. The number of carboxylic acids is 1. The summed E-state index contributed by atoms with van der Waals surface area (Å²) in [6, 6.07) is 13.3. The van der Waals surface area contributed by atoms with Crippen molar-refractivity contribution in [3.05, 3.63) is 59.7 Å². The van der Waals surface area contributed by atoms with E-state index in [9.17, 15) is 19.5 Å². The number of fused-ring (bicyclic) bond motifs is 1. The SMILES string of the molecule is CCOC(CN1C(=O)C(CC(=O)O)(NC(=O)Nc2ccc(C)cc2)c2ccccc21)OCC. The number of anilines is 2. The molecule has 0 spiro atoms. The van der Waals surface area contributed by atoms with E-state index in [0.717, 1.165) is 5.56 Å². The van der Waals surface area contributed by atoms with Crippen LogP contribution in [0.5, 0.6) is 0 Å². The van der Waals surface area contributed by atoms with Crippen LogP contribution < -0.4 is 15.5 Å². The minimum Gasteiger partial charge on any atom is -0.481 e. The Morgan fingerprint density at radius 1 is 1.06 bits per heavy atom. The van der Waals surface area contributed by atoms with E-state index < -0.39 is 36.2 Å².